The summed E-state index contributed by atoms with van der Waals surface area (Å²) < 4.78 is 6.97. The first kappa shape index (κ1) is 15.5. The summed E-state index contributed by atoms with van der Waals surface area (Å²) in [7, 11) is 0. The highest BCUT2D eigenvalue weighted by Gasteiger charge is 2.14. The molecule has 7 nitrogen and oxygen atoms in total. The van der Waals surface area contributed by atoms with Gasteiger partial charge < -0.3 is 9.52 Å². The van der Waals surface area contributed by atoms with E-state index in [2.05, 4.69) is 15.5 Å². The second-order valence-corrected chi connectivity index (χ2v) is 6.41. The predicted molar refractivity (Wildman–Crippen MR) is 86.6 cm³/mol. The predicted octanol–water partition coefficient (Wildman–Crippen LogP) is 2.67. The number of aromatic nitrogens is 4. The van der Waals surface area contributed by atoms with Crippen LogP contribution >= 0.6 is 11.8 Å². The maximum absolute atomic E-state index is 11.8. The van der Waals surface area contributed by atoms with Crippen LogP contribution in [0.5, 0.6) is 5.75 Å². The number of benzene rings is 1. The summed E-state index contributed by atoms with van der Waals surface area (Å²) in [6.45, 7) is 5.72. The normalized spacial score (nSPS) is 11.5. The first-order chi connectivity index (χ1) is 11.0. The van der Waals surface area contributed by atoms with Crippen molar-refractivity contribution >= 4 is 22.7 Å². The van der Waals surface area contributed by atoms with E-state index in [-0.39, 0.29) is 11.8 Å². The second-order valence-electron chi connectivity index (χ2n) is 5.47. The number of nitrogens with zero attached hydrogens (tertiary/aromatic N) is 4. The lowest BCUT2D eigenvalue weighted by Gasteiger charge is -2.09. The zero-order chi connectivity index (χ0) is 16.6. The van der Waals surface area contributed by atoms with E-state index in [1.54, 1.807) is 23.7 Å². The minimum absolute atomic E-state index is 0.106. The number of hydrogen-bond donors (Lipinski definition) is 1. The van der Waals surface area contributed by atoms with Crippen LogP contribution in [0.1, 0.15) is 31.0 Å². The molecule has 1 aromatic carbocycles. The lowest BCUT2D eigenvalue weighted by atomic mass is 10.1. The molecule has 0 aliphatic carbocycles. The van der Waals surface area contributed by atoms with E-state index in [1.807, 2.05) is 13.8 Å². The molecule has 2 heterocycles. The number of thioether (sulfide) groups is 1. The molecule has 120 valence electrons. The van der Waals surface area contributed by atoms with Gasteiger partial charge in [-0.15, -0.1) is 5.10 Å². The highest BCUT2D eigenvalue weighted by molar-refractivity contribution is 7.98. The fraction of sp³-hybridized carbons (Fsp3) is 0.333. The largest absolute Gasteiger partial charge is 0.508 e. The SMILES string of the molecule is Cc1c(O)ccc2c(CSc3nnnn3C(C)C)cc(=O)oc12. The van der Waals surface area contributed by atoms with Crippen LogP contribution in [-0.2, 0) is 5.75 Å². The van der Waals surface area contributed by atoms with E-state index in [4.69, 9.17) is 4.42 Å². The van der Waals surface area contributed by atoms with Gasteiger partial charge in [-0.05, 0) is 48.9 Å². The van der Waals surface area contributed by atoms with Gasteiger partial charge in [0.1, 0.15) is 11.3 Å². The Labute approximate surface area is 136 Å². The fourth-order valence-corrected chi connectivity index (χ4v) is 3.28. The van der Waals surface area contributed by atoms with Crippen molar-refractivity contribution in [3.8, 4) is 5.75 Å². The zero-order valence-corrected chi connectivity index (χ0v) is 13.8. The molecule has 0 amide bonds. The van der Waals surface area contributed by atoms with E-state index in [0.29, 0.717) is 22.1 Å². The number of hydrogen-bond acceptors (Lipinski definition) is 7. The van der Waals surface area contributed by atoms with Crippen LogP contribution in [0.4, 0.5) is 0 Å². The number of phenolic OH excluding ortho intramolecular Hbond substituents is 1. The Morgan fingerprint density at radius 1 is 1.39 bits per heavy atom. The first-order valence-corrected chi connectivity index (χ1v) is 8.12. The van der Waals surface area contributed by atoms with Gasteiger partial charge in [0, 0.05) is 22.8 Å². The Bertz CT molecular complexity index is 917. The smallest absolute Gasteiger partial charge is 0.336 e. The molecule has 0 aliphatic heterocycles. The van der Waals surface area contributed by atoms with E-state index in [1.165, 1.54) is 17.8 Å². The molecule has 2 aromatic heterocycles. The summed E-state index contributed by atoms with van der Waals surface area (Å²) in [5.41, 5.74) is 1.35. The van der Waals surface area contributed by atoms with Crippen molar-refractivity contribution in [2.45, 2.75) is 37.7 Å². The summed E-state index contributed by atoms with van der Waals surface area (Å²) in [5.74, 6) is 0.633. The minimum Gasteiger partial charge on any atom is -0.508 e. The van der Waals surface area contributed by atoms with Gasteiger partial charge in [-0.25, -0.2) is 9.48 Å². The van der Waals surface area contributed by atoms with E-state index in [0.717, 1.165) is 10.9 Å². The van der Waals surface area contributed by atoms with Crippen LogP contribution in [0, 0.1) is 6.92 Å². The third-order valence-electron chi connectivity index (χ3n) is 3.53. The van der Waals surface area contributed by atoms with Crippen molar-refractivity contribution in [3.63, 3.8) is 0 Å². The molecular formula is C15H16N4O3S. The number of tetrazole rings is 1. The van der Waals surface area contributed by atoms with Crippen LogP contribution in [0.15, 0.2) is 32.6 Å². The van der Waals surface area contributed by atoms with Crippen molar-refractivity contribution in [2.75, 3.05) is 0 Å². The molecule has 0 spiro atoms. The summed E-state index contributed by atoms with van der Waals surface area (Å²) in [6.07, 6.45) is 0. The molecule has 3 rings (SSSR count). The average molecular weight is 332 g/mol. The Morgan fingerprint density at radius 2 is 2.17 bits per heavy atom. The summed E-state index contributed by atoms with van der Waals surface area (Å²) >= 11 is 1.45. The minimum atomic E-state index is -0.440. The van der Waals surface area contributed by atoms with Crippen LogP contribution in [0.2, 0.25) is 0 Å². The molecule has 0 saturated carbocycles. The molecule has 0 fully saturated rings. The Balaban J connectivity index is 1.99. The van der Waals surface area contributed by atoms with Crippen LogP contribution < -0.4 is 5.63 Å². The molecule has 0 atom stereocenters. The molecular weight excluding hydrogens is 316 g/mol. The second kappa shape index (κ2) is 6.04. The van der Waals surface area contributed by atoms with Crippen molar-refractivity contribution in [1.82, 2.24) is 20.2 Å². The highest BCUT2D eigenvalue weighted by Crippen LogP contribution is 2.30. The van der Waals surface area contributed by atoms with Gasteiger partial charge >= 0.3 is 5.63 Å². The van der Waals surface area contributed by atoms with Crippen molar-refractivity contribution < 1.29 is 9.52 Å². The molecule has 0 bridgehead atoms. The maximum atomic E-state index is 11.8. The fourth-order valence-electron chi connectivity index (χ4n) is 2.28. The van der Waals surface area contributed by atoms with Gasteiger partial charge in [-0.1, -0.05) is 11.8 Å². The third-order valence-corrected chi connectivity index (χ3v) is 4.51. The van der Waals surface area contributed by atoms with Crippen LogP contribution in [0.3, 0.4) is 0 Å². The highest BCUT2D eigenvalue weighted by atomic mass is 32.2. The lowest BCUT2D eigenvalue weighted by Crippen LogP contribution is -2.05. The quantitative estimate of drug-likeness (QED) is 0.580. The van der Waals surface area contributed by atoms with Crippen LogP contribution in [-0.4, -0.2) is 25.3 Å². The van der Waals surface area contributed by atoms with Gasteiger partial charge in [-0.2, -0.15) is 0 Å². The zero-order valence-electron chi connectivity index (χ0n) is 13.0. The molecule has 23 heavy (non-hydrogen) atoms. The average Bonchev–Trinajstić information content (AvgIpc) is 2.97. The van der Waals surface area contributed by atoms with Crippen molar-refractivity contribution in [3.05, 3.63) is 39.7 Å². The molecule has 0 aliphatic rings. The standard InChI is InChI=1S/C15H16N4O3S/c1-8(2)19-15(16-17-18-19)23-7-10-6-13(21)22-14-9(3)12(20)5-4-11(10)14/h4-6,8,20H,7H2,1-3H3. The number of fused-ring (bicyclic) bond motifs is 1. The van der Waals surface area contributed by atoms with E-state index in [9.17, 15) is 9.90 Å². The third kappa shape index (κ3) is 2.94. The van der Waals surface area contributed by atoms with Gasteiger partial charge in [0.25, 0.3) is 0 Å². The van der Waals surface area contributed by atoms with Crippen LogP contribution in [0.25, 0.3) is 11.0 Å². The molecule has 3 aromatic rings. The van der Waals surface area contributed by atoms with Gasteiger partial charge in [0.2, 0.25) is 5.16 Å². The molecule has 0 saturated heterocycles. The molecule has 0 radical (unpaired) electrons. The van der Waals surface area contributed by atoms with E-state index < -0.39 is 5.63 Å². The molecule has 8 heteroatoms. The molecule has 0 unspecified atom stereocenters. The van der Waals surface area contributed by atoms with Crippen molar-refractivity contribution in [2.24, 2.45) is 0 Å². The number of phenols is 1. The molecule has 1 N–H and O–H groups in total. The monoisotopic (exact) mass is 332 g/mol. The Kier molecular flexibility index (Phi) is 4.08. The Morgan fingerprint density at radius 3 is 2.91 bits per heavy atom. The van der Waals surface area contributed by atoms with Crippen molar-refractivity contribution in [1.29, 1.82) is 0 Å². The van der Waals surface area contributed by atoms with Gasteiger partial charge in [0.15, 0.2) is 0 Å². The number of aromatic hydroxyl groups is 1. The van der Waals surface area contributed by atoms with E-state index >= 15 is 0 Å². The summed E-state index contributed by atoms with van der Waals surface area (Å²) in [4.78, 5) is 11.8. The Hall–Kier alpha value is -2.35. The summed E-state index contributed by atoms with van der Waals surface area (Å²) in [6, 6.07) is 4.98. The lowest BCUT2D eigenvalue weighted by molar-refractivity contribution is 0.468. The number of aryl methyl sites for hydroxylation is 1. The van der Waals surface area contributed by atoms with Gasteiger partial charge in [0.05, 0.1) is 6.04 Å². The number of rotatable bonds is 4. The maximum Gasteiger partial charge on any atom is 0.336 e. The first-order valence-electron chi connectivity index (χ1n) is 7.13. The summed E-state index contributed by atoms with van der Waals surface area (Å²) in [5, 5.41) is 22.9. The van der Waals surface area contributed by atoms with Gasteiger partial charge in [-0.3, -0.25) is 0 Å². The topological polar surface area (TPSA) is 94.0 Å².